The first-order valence-corrected chi connectivity index (χ1v) is 11.4. The van der Waals surface area contributed by atoms with E-state index in [9.17, 15) is 9.59 Å². The number of amides is 2. The normalized spacial score (nSPS) is 10.6. The van der Waals surface area contributed by atoms with E-state index in [0.29, 0.717) is 24.4 Å². The van der Waals surface area contributed by atoms with Crippen molar-refractivity contribution in [2.24, 2.45) is 0 Å². The monoisotopic (exact) mass is 436 g/mol. The third kappa shape index (κ3) is 6.72. The molecule has 0 fully saturated rings. The minimum Gasteiger partial charge on any atom is -0.355 e. The zero-order chi connectivity index (χ0) is 22.1. The van der Waals surface area contributed by atoms with Gasteiger partial charge in [0.15, 0.2) is 5.16 Å². The minimum atomic E-state index is -0.115. The van der Waals surface area contributed by atoms with Crippen LogP contribution in [0.25, 0.3) is 5.69 Å². The number of thioether (sulfide) groups is 1. The smallest absolute Gasteiger partial charge is 0.251 e. The summed E-state index contributed by atoms with van der Waals surface area (Å²) in [6.45, 7) is 5.33. The van der Waals surface area contributed by atoms with Crippen LogP contribution in [-0.4, -0.2) is 33.7 Å². The Kier molecular flexibility index (Phi) is 8.29. The molecule has 2 aromatic carbocycles. The maximum Gasteiger partial charge on any atom is 0.251 e. The third-order valence-corrected chi connectivity index (χ3v) is 5.74. The number of aromatic nitrogens is 2. The van der Waals surface area contributed by atoms with Gasteiger partial charge in [-0.1, -0.05) is 54.9 Å². The van der Waals surface area contributed by atoms with Gasteiger partial charge in [0.25, 0.3) is 5.91 Å². The summed E-state index contributed by atoms with van der Waals surface area (Å²) >= 11 is 1.39. The highest BCUT2D eigenvalue weighted by molar-refractivity contribution is 7.99. The number of aryl methyl sites for hydroxylation is 1. The van der Waals surface area contributed by atoms with E-state index in [1.165, 1.54) is 17.3 Å². The van der Waals surface area contributed by atoms with Gasteiger partial charge in [0.1, 0.15) is 0 Å². The average Bonchev–Trinajstić information content (AvgIpc) is 3.26. The molecule has 7 heteroatoms. The van der Waals surface area contributed by atoms with Crippen LogP contribution in [-0.2, 0) is 11.3 Å². The van der Waals surface area contributed by atoms with E-state index >= 15 is 0 Å². The molecular weight excluding hydrogens is 408 g/mol. The Balaban J connectivity index is 1.56. The number of nitrogens with one attached hydrogen (secondary N) is 2. The van der Waals surface area contributed by atoms with E-state index in [1.807, 2.05) is 54.1 Å². The topological polar surface area (TPSA) is 76.0 Å². The standard InChI is InChI=1S/C24H28N4O2S/c1-3-4-13-25-22(29)17-31-24-26-14-15-28(24)21-11-9-20(10-12-21)23(30)27-16-19-7-5-18(2)6-8-19/h5-12,14-15H,3-4,13,16-17H2,1-2H3,(H,25,29)(H,27,30). The Bertz CT molecular complexity index is 997. The predicted molar refractivity (Wildman–Crippen MR) is 125 cm³/mol. The Morgan fingerprint density at radius 1 is 1.03 bits per heavy atom. The molecule has 0 bridgehead atoms. The molecule has 0 saturated carbocycles. The van der Waals surface area contributed by atoms with Gasteiger partial charge < -0.3 is 10.6 Å². The molecule has 0 spiro atoms. The summed E-state index contributed by atoms with van der Waals surface area (Å²) in [6, 6.07) is 15.5. The second kappa shape index (κ2) is 11.4. The molecule has 2 amide bonds. The molecule has 0 unspecified atom stereocenters. The van der Waals surface area contributed by atoms with Crippen molar-refractivity contribution in [2.75, 3.05) is 12.3 Å². The van der Waals surface area contributed by atoms with E-state index in [-0.39, 0.29) is 11.8 Å². The van der Waals surface area contributed by atoms with Crippen molar-refractivity contribution < 1.29 is 9.59 Å². The summed E-state index contributed by atoms with van der Waals surface area (Å²) in [5.41, 5.74) is 3.75. The fourth-order valence-electron chi connectivity index (χ4n) is 2.94. The van der Waals surface area contributed by atoms with Crippen molar-refractivity contribution in [1.82, 2.24) is 20.2 Å². The minimum absolute atomic E-state index is 0.00796. The zero-order valence-electron chi connectivity index (χ0n) is 17.9. The molecule has 0 atom stereocenters. The van der Waals surface area contributed by atoms with Crippen LogP contribution in [0.15, 0.2) is 66.1 Å². The van der Waals surface area contributed by atoms with E-state index in [1.54, 1.807) is 18.3 Å². The van der Waals surface area contributed by atoms with Crippen LogP contribution in [0.1, 0.15) is 41.3 Å². The predicted octanol–water partition coefficient (Wildman–Crippen LogP) is 4.12. The lowest BCUT2D eigenvalue weighted by molar-refractivity contribution is -0.118. The number of hydrogen-bond donors (Lipinski definition) is 2. The van der Waals surface area contributed by atoms with Gasteiger partial charge in [0.05, 0.1) is 5.75 Å². The van der Waals surface area contributed by atoms with Crippen molar-refractivity contribution in [3.8, 4) is 5.69 Å². The van der Waals surface area contributed by atoms with Crippen molar-refractivity contribution in [3.05, 3.63) is 77.6 Å². The highest BCUT2D eigenvalue weighted by atomic mass is 32.2. The molecule has 0 radical (unpaired) electrons. The number of rotatable bonds is 10. The largest absolute Gasteiger partial charge is 0.355 e. The van der Waals surface area contributed by atoms with Crippen molar-refractivity contribution in [3.63, 3.8) is 0 Å². The van der Waals surface area contributed by atoms with Crippen molar-refractivity contribution in [2.45, 2.75) is 38.4 Å². The van der Waals surface area contributed by atoms with Gasteiger partial charge in [-0.25, -0.2) is 4.98 Å². The molecule has 1 heterocycles. The van der Waals surface area contributed by atoms with E-state index in [0.717, 1.165) is 29.2 Å². The molecule has 2 N–H and O–H groups in total. The summed E-state index contributed by atoms with van der Waals surface area (Å²) < 4.78 is 1.91. The summed E-state index contributed by atoms with van der Waals surface area (Å²) in [5.74, 6) is 0.213. The van der Waals surface area contributed by atoms with E-state index in [2.05, 4.69) is 22.5 Å². The number of hydrogen-bond acceptors (Lipinski definition) is 4. The Labute approximate surface area is 187 Å². The lowest BCUT2D eigenvalue weighted by atomic mass is 10.1. The Morgan fingerprint density at radius 3 is 2.48 bits per heavy atom. The first-order chi connectivity index (χ1) is 15.1. The number of unbranched alkanes of at least 4 members (excludes halogenated alkanes) is 1. The van der Waals surface area contributed by atoms with Crippen LogP contribution in [0.4, 0.5) is 0 Å². The van der Waals surface area contributed by atoms with Crippen LogP contribution < -0.4 is 10.6 Å². The summed E-state index contributed by atoms with van der Waals surface area (Å²) in [7, 11) is 0. The van der Waals surface area contributed by atoms with Crippen LogP contribution in [0.5, 0.6) is 0 Å². The van der Waals surface area contributed by atoms with Gasteiger partial charge in [0.2, 0.25) is 5.91 Å². The van der Waals surface area contributed by atoms with Crippen LogP contribution in [0.3, 0.4) is 0 Å². The molecule has 162 valence electrons. The van der Waals surface area contributed by atoms with Gasteiger partial charge in [-0.05, 0) is 43.2 Å². The highest BCUT2D eigenvalue weighted by Gasteiger charge is 2.10. The first kappa shape index (κ1) is 22.6. The van der Waals surface area contributed by atoms with Crippen molar-refractivity contribution in [1.29, 1.82) is 0 Å². The maximum absolute atomic E-state index is 12.5. The van der Waals surface area contributed by atoms with Gasteiger partial charge in [-0.3, -0.25) is 14.2 Å². The van der Waals surface area contributed by atoms with Gasteiger partial charge in [-0.15, -0.1) is 0 Å². The lowest BCUT2D eigenvalue weighted by Crippen LogP contribution is -2.26. The highest BCUT2D eigenvalue weighted by Crippen LogP contribution is 2.20. The SMILES string of the molecule is CCCCNC(=O)CSc1nccn1-c1ccc(C(=O)NCc2ccc(C)cc2)cc1. The number of imidazole rings is 1. The van der Waals surface area contributed by atoms with Crippen molar-refractivity contribution >= 4 is 23.6 Å². The number of nitrogens with zero attached hydrogens (tertiary/aromatic N) is 2. The van der Waals surface area contributed by atoms with Gasteiger partial charge in [-0.2, -0.15) is 0 Å². The maximum atomic E-state index is 12.5. The fourth-order valence-corrected chi connectivity index (χ4v) is 3.75. The Morgan fingerprint density at radius 2 is 1.77 bits per heavy atom. The van der Waals surface area contributed by atoms with Gasteiger partial charge >= 0.3 is 0 Å². The number of carbonyl (C=O) groups is 2. The lowest BCUT2D eigenvalue weighted by Gasteiger charge is -2.10. The molecule has 6 nitrogen and oxygen atoms in total. The number of benzene rings is 2. The van der Waals surface area contributed by atoms with E-state index in [4.69, 9.17) is 0 Å². The molecule has 0 aliphatic carbocycles. The van der Waals surface area contributed by atoms with Gasteiger partial charge in [0, 0.05) is 36.7 Å². The quantitative estimate of drug-likeness (QED) is 0.370. The number of carbonyl (C=O) groups excluding carboxylic acids is 2. The molecule has 31 heavy (non-hydrogen) atoms. The first-order valence-electron chi connectivity index (χ1n) is 10.4. The molecule has 3 aromatic rings. The van der Waals surface area contributed by atoms with Crippen LogP contribution in [0.2, 0.25) is 0 Å². The second-order valence-corrected chi connectivity index (χ2v) is 8.23. The second-order valence-electron chi connectivity index (χ2n) is 7.29. The molecule has 3 rings (SSSR count). The van der Waals surface area contributed by atoms with Crippen LogP contribution >= 0.6 is 11.8 Å². The molecular formula is C24H28N4O2S. The summed E-state index contributed by atoms with van der Waals surface area (Å²) in [4.78, 5) is 28.8. The fraction of sp³-hybridized carbons (Fsp3) is 0.292. The molecule has 1 aromatic heterocycles. The van der Waals surface area contributed by atoms with E-state index < -0.39 is 0 Å². The average molecular weight is 437 g/mol. The third-order valence-electron chi connectivity index (χ3n) is 4.77. The summed E-state index contributed by atoms with van der Waals surface area (Å²) in [6.07, 6.45) is 5.59. The molecule has 0 aliphatic heterocycles. The van der Waals surface area contributed by atoms with Crippen LogP contribution in [0, 0.1) is 6.92 Å². The molecule has 0 saturated heterocycles. The Hall–Kier alpha value is -3.06. The molecule has 0 aliphatic rings. The summed E-state index contributed by atoms with van der Waals surface area (Å²) in [5, 5.41) is 6.60. The zero-order valence-corrected chi connectivity index (χ0v) is 18.7.